The number of rotatable bonds is 7. The fourth-order valence-corrected chi connectivity index (χ4v) is 1.79. The Labute approximate surface area is 86.5 Å². The Hall–Kier alpha value is 0.270. The number of aliphatic hydroxyl groups excluding tert-OH is 1. The van der Waals surface area contributed by atoms with Crippen molar-refractivity contribution in [2.75, 3.05) is 24.7 Å². The van der Waals surface area contributed by atoms with Crippen LogP contribution in [0.5, 0.6) is 0 Å². The van der Waals surface area contributed by atoms with E-state index in [0.717, 1.165) is 18.7 Å². The van der Waals surface area contributed by atoms with E-state index in [1.807, 2.05) is 11.8 Å². The average Bonchev–Trinajstić information content (AvgIpc) is 2.01. The molecule has 0 aliphatic heterocycles. The summed E-state index contributed by atoms with van der Waals surface area (Å²) >= 11 is 1.93. The van der Waals surface area contributed by atoms with Gasteiger partial charge in [-0.3, -0.25) is 0 Å². The van der Waals surface area contributed by atoms with Gasteiger partial charge in [-0.2, -0.15) is 11.8 Å². The predicted octanol–water partition coefficient (Wildman–Crippen LogP) is 1.88. The number of aliphatic hydroxyl groups is 1. The number of thioether (sulfide) groups is 1. The van der Waals surface area contributed by atoms with Crippen molar-refractivity contribution in [2.24, 2.45) is 0 Å². The van der Waals surface area contributed by atoms with Crippen LogP contribution in [0.4, 0.5) is 0 Å². The molecule has 13 heavy (non-hydrogen) atoms. The second-order valence-electron chi connectivity index (χ2n) is 4.22. The van der Waals surface area contributed by atoms with Crippen LogP contribution in [0.3, 0.4) is 0 Å². The van der Waals surface area contributed by atoms with Gasteiger partial charge < -0.3 is 10.4 Å². The van der Waals surface area contributed by atoms with Crippen LogP contribution in [0.2, 0.25) is 0 Å². The zero-order chi connectivity index (χ0) is 10.2. The van der Waals surface area contributed by atoms with Gasteiger partial charge >= 0.3 is 0 Å². The van der Waals surface area contributed by atoms with E-state index < -0.39 is 0 Å². The summed E-state index contributed by atoms with van der Waals surface area (Å²) in [5.41, 5.74) is 0.246. The minimum Gasteiger partial charge on any atom is -0.396 e. The SMILES string of the molecule is CC(C)(C)NCCCSCCCO. The van der Waals surface area contributed by atoms with Crippen molar-refractivity contribution >= 4 is 11.8 Å². The van der Waals surface area contributed by atoms with Crippen molar-refractivity contribution in [2.45, 2.75) is 39.2 Å². The zero-order valence-corrected chi connectivity index (χ0v) is 9.91. The minimum absolute atomic E-state index is 0.246. The Kier molecular flexibility index (Phi) is 7.81. The topological polar surface area (TPSA) is 32.3 Å². The highest BCUT2D eigenvalue weighted by molar-refractivity contribution is 7.99. The van der Waals surface area contributed by atoms with E-state index in [4.69, 9.17) is 5.11 Å². The summed E-state index contributed by atoms with van der Waals surface area (Å²) in [7, 11) is 0. The van der Waals surface area contributed by atoms with Crippen molar-refractivity contribution < 1.29 is 5.11 Å². The Morgan fingerprint density at radius 1 is 1.15 bits per heavy atom. The first-order valence-corrected chi connectivity index (χ1v) is 6.15. The molecule has 80 valence electrons. The van der Waals surface area contributed by atoms with Crippen molar-refractivity contribution in [3.05, 3.63) is 0 Å². The highest BCUT2D eigenvalue weighted by Gasteiger charge is 2.06. The van der Waals surface area contributed by atoms with E-state index >= 15 is 0 Å². The van der Waals surface area contributed by atoms with E-state index in [9.17, 15) is 0 Å². The highest BCUT2D eigenvalue weighted by Crippen LogP contribution is 2.04. The molecule has 0 saturated carbocycles. The molecule has 0 aromatic carbocycles. The first-order valence-electron chi connectivity index (χ1n) is 5.00. The van der Waals surface area contributed by atoms with Crippen LogP contribution < -0.4 is 5.32 Å². The lowest BCUT2D eigenvalue weighted by atomic mass is 10.1. The molecule has 0 fully saturated rings. The van der Waals surface area contributed by atoms with Crippen LogP contribution >= 0.6 is 11.8 Å². The molecule has 0 rings (SSSR count). The molecule has 0 amide bonds. The molecule has 0 bridgehead atoms. The first kappa shape index (κ1) is 13.3. The summed E-state index contributed by atoms with van der Waals surface area (Å²) in [4.78, 5) is 0. The number of hydrogen-bond acceptors (Lipinski definition) is 3. The molecule has 0 radical (unpaired) electrons. The monoisotopic (exact) mass is 205 g/mol. The van der Waals surface area contributed by atoms with Gasteiger partial charge in [-0.25, -0.2) is 0 Å². The van der Waals surface area contributed by atoms with Crippen LogP contribution in [0, 0.1) is 0 Å². The second kappa shape index (κ2) is 7.65. The van der Waals surface area contributed by atoms with Crippen molar-refractivity contribution in [3.8, 4) is 0 Å². The first-order chi connectivity index (χ1) is 6.06. The van der Waals surface area contributed by atoms with Gasteiger partial charge in [0.2, 0.25) is 0 Å². The minimum atomic E-state index is 0.246. The summed E-state index contributed by atoms with van der Waals surface area (Å²) in [6, 6.07) is 0. The van der Waals surface area contributed by atoms with Crippen LogP contribution in [-0.4, -0.2) is 35.3 Å². The third kappa shape index (κ3) is 12.3. The molecule has 0 saturated heterocycles. The second-order valence-corrected chi connectivity index (χ2v) is 5.44. The fourth-order valence-electron chi connectivity index (χ4n) is 0.906. The van der Waals surface area contributed by atoms with Crippen LogP contribution in [-0.2, 0) is 0 Å². The van der Waals surface area contributed by atoms with Gasteiger partial charge in [-0.05, 0) is 51.7 Å². The van der Waals surface area contributed by atoms with Crippen LogP contribution in [0.25, 0.3) is 0 Å². The van der Waals surface area contributed by atoms with Gasteiger partial charge in [0.25, 0.3) is 0 Å². The molecule has 0 aliphatic carbocycles. The Morgan fingerprint density at radius 2 is 1.77 bits per heavy atom. The molecule has 0 atom stereocenters. The summed E-state index contributed by atoms with van der Waals surface area (Å²) in [6.07, 6.45) is 2.14. The van der Waals surface area contributed by atoms with Gasteiger partial charge in [0.05, 0.1) is 0 Å². The lowest BCUT2D eigenvalue weighted by molar-refractivity contribution is 0.296. The standard InChI is InChI=1S/C10H23NOS/c1-10(2,3)11-6-4-8-13-9-5-7-12/h11-12H,4-9H2,1-3H3. The van der Waals surface area contributed by atoms with Crippen LogP contribution in [0.1, 0.15) is 33.6 Å². The van der Waals surface area contributed by atoms with E-state index in [-0.39, 0.29) is 5.54 Å². The van der Waals surface area contributed by atoms with Gasteiger partial charge in [0.1, 0.15) is 0 Å². The molecule has 0 spiro atoms. The van der Waals surface area contributed by atoms with Crippen LogP contribution in [0.15, 0.2) is 0 Å². The lowest BCUT2D eigenvalue weighted by Gasteiger charge is -2.20. The molecule has 0 aromatic heterocycles. The Morgan fingerprint density at radius 3 is 2.31 bits per heavy atom. The molecule has 0 aliphatic rings. The summed E-state index contributed by atoms with van der Waals surface area (Å²) in [6.45, 7) is 7.98. The van der Waals surface area contributed by atoms with Crippen molar-refractivity contribution in [3.63, 3.8) is 0 Å². The third-order valence-electron chi connectivity index (χ3n) is 1.57. The maximum atomic E-state index is 8.55. The van der Waals surface area contributed by atoms with Gasteiger partial charge in [0.15, 0.2) is 0 Å². The lowest BCUT2D eigenvalue weighted by Crippen LogP contribution is -2.36. The number of hydrogen-bond donors (Lipinski definition) is 2. The smallest absolute Gasteiger partial charge is 0.0438 e. The fraction of sp³-hybridized carbons (Fsp3) is 1.00. The zero-order valence-electron chi connectivity index (χ0n) is 9.10. The van der Waals surface area contributed by atoms with Gasteiger partial charge in [-0.1, -0.05) is 0 Å². The molecular formula is C10H23NOS. The van der Waals surface area contributed by atoms with Crippen molar-refractivity contribution in [1.29, 1.82) is 0 Å². The largest absolute Gasteiger partial charge is 0.396 e. The van der Waals surface area contributed by atoms with E-state index in [1.165, 1.54) is 12.2 Å². The Bertz CT molecular complexity index is 112. The van der Waals surface area contributed by atoms with Gasteiger partial charge in [0, 0.05) is 12.1 Å². The summed E-state index contributed by atoms with van der Waals surface area (Å²) < 4.78 is 0. The van der Waals surface area contributed by atoms with E-state index in [0.29, 0.717) is 6.61 Å². The van der Waals surface area contributed by atoms with E-state index in [1.54, 1.807) is 0 Å². The quantitative estimate of drug-likeness (QED) is 0.622. The highest BCUT2D eigenvalue weighted by atomic mass is 32.2. The normalized spacial score (nSPS) is 12.0. The molecule has 0 aromatic rings. The predicted molar refractivity (Wildman–Crippen MR) is 61.4 cm³/mol. The molecule has 0 heterocycles. The van der Waals surface area contributed by atoms with Gasteiger partial charge in [-0.15, -0.1) is 0 Å². The maximum Gasteiger partial charge on any atom is 0.0438 e. The summed E-state index contributed by atoms with van der Waals surface area (Å²) in [5.74, 6) is 2.29. The molecular weight excluding hydrogens is 182 g/mol. The number of nitrogens with one attached hydrogen (secondary N) is 1. The maximum absolute atomic E-state index is 8.55. The molecule has 2 N–H and O–H groups in total. The Balaban J connectivity index is 3.00. The molecule has 0 unspecified atom stereocenters. The van der Waals surface area contributed by atoms with Crippen molar-refractivity contribution in [1.82, 2.24) is 5.32 Å². The third-order valence-corrected chi connectivity index (χ3v) is 2.72. The summed E-state index contributed by atoms with van der Waals surface area (Å²) in [5, 5.41) is 12.0. The molecule has 3 heteroatoms. The average molecular weight is 205 g/mol. The van der Waals surface area contributed by atoms with E-state index in [2.05, 4.69) is 26.1 Å². The molecule has 2 nitrogen and oxygen atoms in total.